The number of ether oxygens (including phenoxy) is 3. The molecular formula is C21H20ClNO4. The highest BCUT2D eigenvalue weighted by Gasteiger charge is 2.18. The third-order valence-electron chi connectivity index (χ3n) is 4.13. The molecule has 0 heterocycles. The Balaban J connectivity index is 1.75. The SMILES string of the molecule is COc1cc(NC(=O)C(C)Oc2ccc3ccccc3c2)c(OC)cc1Cl. The highest BCUT2D eigenvalue weighted by molar-refractivity contribution is 6.32. The number of fused-ring (bicyclic) bond motifs is 1. The van der Waals surface area contributed by atoms with Crippen molar-refractivity contribution in [3.63, 3.8) is 0 Å². The van der Waals surface area contributed by atoms with E-state index < -0.39 is 6.10 Å². The number of amides is 1. The van der Waals surface area contributed by atoms with Gasteiger partial charge in [0.05, 0.1) is 24.9 Å². The van der Waals surface area contributed by atoms with Gasteiger partial charge in [-0.25, -0.2) is 0 Å². The fourth-order valence-electron chi connectivity index (χ4n) is 2.69. The third-order valence-corrected chi connectivity index (χ3v) is 4.43. The molecule has 0 saturated carbocycles. The average Bonchev–Trinajstić information content (AvgIpc) is 2.68. The van der Waals surface area contributed by atoms with E-state index in [1.54, 1.807) is 19.1 Å². The van der Waals surface area contributed by atoms with Crippen molar-refractivity contribution in [3.8, 4) is 17.2 Å². The van der Waals surface area contributed by atoms with Crippen molar-refractivity contribution in [2.45, 2.75) is 13.0 Å². The summed E-state index contributed by atoms with van der Waals surface area (Å²) in [7, 11) is 3.01. The predicted octanol–water partition coefficient (Wildman–Crippen LogP) is 4.92. The summed E-state index contributed by atoms with van der Waals surface area (Å²) >= 11 is 6.09. The summed E-state index contributed by atoms with van der Waals surface area (Å²) in [6.07, 6.45) is -0.711. The maximum absolute atomic E-state index is 12.6. The van der Waals surface area contributed by atoms with E-state index in [4.69, 9.17) is 25.8 Å². The number of hydrogen-bond donors (Lipinski definition) is 1. The fourth-order valence-corrected chi connectivity index (χ4v) is 2.92. The van der Waals surface area contributed by atoms with Gasteiger partial charge in [0.25, 0.3) is 5.91 Å². The number of rotatable bonds is 6. The standard InChI is InChI=1S/C21H20ClNO4/c1-13(27-16-9-8-14-6-4-5-7-15(14)10-16)21(24)23-18-12-19(25-2)17(22)11-20(18)26-3/h4-13H,1-3H3,(H,23,24). The summed E-state index contributed by atoms with van der Waals surface area (Å²) in [4.78, 5) is 12.6. The number of halogens is 1. The summed E-state index contributed by atoms with van der Waals surface area (Å²) in [5.41, 5.74) is 0.456. The van der Waals surface area contributed by atoms with Crippen molar-refractivity contribution in [1.82, 2.24) is 0 Å². The van der Waals surface area contributed by atoms with E-state index in [0.29, 0.717) is 28.0 Å². The predicted molar refractivity (Wildman–Crippen MR) is 107 cm³/mol. The molecule has 0 radical (unpaired) electrons. The van der Waals surface area contributed by atoms with Crippen LogP contribution in [0, 0.1) is 0 Å². The van der Waals surface area contributed by atoms with Gasteiger partial charge < -0.3 is 19.5 Å². The van der Waals surface area contributed by atoms with Crippen LogP contribution in [0.25, 0.3) is 10.8 Å². The van der Waals surface area contributed by atoms with Crippen LogP contribution in [0.4, 0.5) is 5.69 Å². The second kappa shape index (κ2) is 8.18. The highest BCUT2D eigenvalue weighted by atomic mass is 35.5. The average molecular weight is 386 g/mol. The van der Waals surface area contributed by atoms with Gasteiger partial charge in [0.1, 0.15) is 17.2 Å². The first-order chi connectivity index (χ1) is 13.0. The van der Waals surface area contributed by atoms with Crippen molar-refractivity contribution in [2.75, 3.05) is 19.5 Å². The molecule has 0 fully saturated rings. The Morgan fingerprint density at radius 2 is 1.67 bits per heavy atom. The lowest BCUT2D eigenvalue weighted by atomic mass is 10.1. The maximum Gasteiger partial charge on any atom is 0.265 e. The van der Waals surface area contributed by atoms with E-state index >= 15 is 0 Å². The van der Waals surface area contributed by atoms with Crippen LogP contribution in [0.15, 0.2) is 54.6 Å². The molecule has 0 aromatic heterocycles. The molecule has 1 amide bonds. The molecule has 140 valence electrons. The minimum Gasteiger partial charge on any atom is -0.495 e. The maximum atomic E-state index is 12.6. The molecule has 3 aromatic carbocycles. The quantitative estimate of drug-likeness (QED) is 0.654. The first kappa shape index (κ1) is 18.9. The monoisotopic (exact) mass is 385 g/mol. The summed E-state index contributed by atoms with van der Waals surface area (Å²) in [6, 6.07) is 16.9. The van der Waals surface area contributed by atoms with Crippen LogP contribution in [0.5, 0.6) is 17.2 Å². The van der Waals surface area contributed by atoms with Crippen LogP contribution in [-0.4, -0.2) is 26.2 Å². The largest absolute Gasteiger partial charge is 0.495 e. The lowest BCUT2D eigenvalue weighted by molar-refractivity contribution is -0.122. The van der Waals surface area contributed by atoms with Crippen LogP contribution in [-0.2, 0) is 4.79 Å². The normalized spacial score (nSPS) is 11.7. The minimum atomic E-state index is -0.711. The van der Waals surface area contributed by atoms with Gasteiger partial charge in [-0.15, -0.1) is 0 Å². The Labute approximate surface area is 162 Å². The first-order valence-electron chi connectivity index (χ1n) is 8.39. The molecule has 0 bridgehead atoms. The Kier molecular flexibility index (Phi) is 5.72. The molecule has 5 nitrogen and oxygen atoms in total. The zero-order chi connectivity index (χ0) is 19.4. The van der Waals surface area contributed by atoms with Gasteiger partial charge in [0, 0.05) is 12.1 Å². The first-order valence-corrected chi connectivity index (χ1v) is 8.77. The van der Waals surface area contributed by atoms with Gasteiger partial charge >= 0.3 is 0 Å². The number of benzene rings is 3. The van der Waals surface area contributed by atoms with Crippen molar-refractivity contribution >= 4 is 34.0 Å². The van der Waals surface area contributed by atoms with Gasteiger partial charge in [0.15, 0.2) is 6.10 Å². The number of anilines is 1. The van der Waals surface area contributed by atoms with Crippen molar-refractivity contribution in [3.05, 3.63) is 59.6 Å². The minimum absolute atomic E-state index is 0.314. The molecular weight excluding hydrogens is 366 g/mol. The smallest absolute Gasteiger partial charge is 0.265 e. The molecule has 1 N–H and O–H groups in total. The molecule has 0 aliphatic heterocycles. The second-order valence-corrected chi connectivity index (χ2v) is 6.35. The molecule has 0 spiro atoms. The zero-order valence-corrected chi connectivity index (χ0v) is 16.0. The van der Waals surface area contributed by atoms with Crippen LogP contribution >= 0.6 is 11.6 Å². The van der Waals surface area contributed by atoms with Gasteiger partial charge in [-0.05, 0) is 29.8 Å². The summed E-state index contributed by atoms with van der Waals surface area (Å²) in [5.74, 6) is 1.19. The molecule has 0 aliphatic rings. The Hall–Kier alpha value is -2.92. The van der Waals surface area contributed by atoms with E-state index in [9.17, 15) is 4.79 Å². The van der Waals surface area contributed by atoms with E-state index in [0.717, 1.165) is 10.8 Å². The lowest BCUT2D eigenvalue weighted by Crippen LogP contribution is -2.30. The van der Waals surface area contributed by atoms with Crippen LogP contribution in [0.3, 0.4) is 0 Å². The van der Waals surface area contributed by atoms with Gasteiger partial charge in [0.2, 0.25) is 0 Å². The van der Waals surface area contributed by atoms with E-state index in [1.807, 2.05) is 42.5 Å². The summed E-state index contributed by atoms with van der Waals surface area (Å²) in [6.45, 7) is 1.68. The van der Waals surface area contributed by atoms with E-state index in [-0.39, 0.29) is 5.91 Å². The van der Waals surface area contributed by atoms with E-state index in [2.05, 4.69) is 5.32 Å². The van der Waals surface area contributed by atoms with Crippen LogP contribution in [0.1, 0.15) is 6.92 Å². The fraction of sp³-hybridized carbons (Fsp3) is 0.190. The molecule has 3 aromatic rings. The Morgan fingerprint density at radius 3 is 2.37 bits per heavy atom. The topological polar surface area (TPSA) is 56.8 Å². The lowest BCUT2D eigenvalue weighted by Gasteiger charge is -2.17. The molecule has 0 aliphatic carbocycles. The van der Waals surface area contributed by atoms with Crippen molar-refractivity contribution in [1.29, 1.82) is 0 Å². The molecule has 6 heteroatoms. The number of carbonyl (C=O) groups excluding carboxylic acids is 1. The van der Waals surface area contributed by atoms with Crippen LogP contribution in [0.2, 0.25) is 5.02 Å². The zero-order valence-electron chi connectivity index (χ0n) is 15.3. The number of hydrogen-bond acceptors (Lipinski definition) is 4. The Morgan fingerprint density at radius 1 is 0.963 bits per heavy atom. The summed E-state index contributed by atoms with van der Waals surface area (Å²) < 4.78 is 16.3. The second-order valence-electron chi connectivity index (χ2n) is 5.95. The molecule has 27 heavy (non-hydrogen) atoms. The summed E-state index contributed by atoms with van der Waals surface area (Å²) in [5, 5.41) is 5.35. The van der Waals surface area contributed by atoms with Gasteiger partial charge in [-0.2, -0.15) is 0 Å². The number of carbonyl (C=O) groups is 1. The number of nitrogens with one attached hydrogen (secondary N) is 1. The van der Waals surface area contributed by atoms with Crippen molar-refractivity contribution in [2.24, 2.45) is 0 Å². The van der Waals surface area contributed by atoms with Gasteiger partial charge in [-0.3, -0.25) is 4.79 Å². The Bertz CT molecular complexity index is 974. The van der Waals surface area contributed by atoms with Crippen LogP contribution < -0.4 is 19.5 Å². The molecule has 0 saturated heterocycles. The molecule has 3 rings (SSSR count). The third kappa shape index (κ3) is 4.26. The van der Waals surface area contributed by atoms with Crippen molar-refractivity contribution < 1.29 is 19.0 Å². The molecule has 1 atom stereocenters. The van der Waals surface area contributed by atoms with Gasteiger partial charge in [-0.1, -0.05) is 41.9 Å². The van der Waals surface area contributed by atoms with E-state index in [1.165, 1.54) is 14.2 Å². The number of methoxy groups -OCH3 is 2. The highest BCUT2D eigenvalue weighted by Crippen LogP contribution is 2.36. The molecule has 1 unspecified atom stereocenters.